The lowest BCUT2D eigenvalue weighted by Crippen LogP contribution is -2.37. The van der Waals surface area contributed by atoms with Crippen molar-refractivity contribution in [3.63, 3.8) is 0 Å². The number of benzene rings is 1. The lowest BCUT2D eigenvalue weighted by Gasteiger charge is -2.32. The molecule has 1 aromatic rings. The molecule has 2 rings (SSSR count). The number of rotatable bonds is 5. The van der Waals surface area contributed by atoms with Crippen molar-refractivity contribution in [1.82, 2.24) is 4.90 Å². The predicted molar refractivity (Wildman–Crippen MR) is 86.1 cm³/mol. The molecule has 0 saturated heterocycles. The predicted octanol–water partition coefficient (Wildman–Crippen LogP) is 3.64. The van der Waals surface area contributed by atoms with Gasteiger partial charge in [-0.3, -0.25) is 4.79 Å². The zero-order valence-electron chi connectivity index (χ0n) is 11.7. The number of halogens is 2. The van der Waals surface area contributed by atoms with Gasteiger partial charge in [0.2, 0.25) is 0 Å². The first-order valence-electron chi connectivity index (χ1n) is 6.86. The Labute approximate surface area is 138 Å². The molecule has 0 N–H and O–H groups in total. The molecule has 0 unspecified atom stereocenters. The average molecular weight is 395 g/mol. The third kappa shape index (κ3) is 3.99. The van der Waals surface area contributed by atoms with Crippen molar-refractivity contribution in [2.24, 2.45) is 5.92 Å². The maximum atomic E-state index is 12.6. The van der Waals surface area contributed by atoms with Crippen LogP contribution in [0, 0.1) is 5.92 Å². The topological polar surface area (TPSA) is 54.5 Å². The van der Waals surface area contributed by atoms with E-state index in [2.05, 4.69) is 15.9 Å². The van der Waals surface area contributed by atoms with Crippen LogP contribution in [0.4, 0.5) is 0 Å². The molecule has 1 saturated carbocycles. The van der Waals surface area contributed by atoms with Crippen molar-refractivity contribution < 1.29 is 13.2 Å². The first kappa shape index (κ1) is 16.8. The summed E-state index contributed by atoms with van der Waals surface area (Å²) in [4.78, 5) is 14.3. The molecule has 0 bridgehead atoms. The maximum absolute atomic E-state index is 12.6. The van der Waals surface area contributed by atoms with Gasteiger partial charge in [0, 0.05) is 28.2 Å². The molecule has 0 radical (unpaired) electrons. The second kappa shape index (κ2) is 6.67. The Morgan fingerprint density at radius 1 is 1.43 bits per heavy atom. The van der Waals surface area contributed by atoms with E-state index >= 15 is 0 Å². The zero-order valence-corrected chi connectivity index (χ0v) is 14.8. The van der Waals surface area contributed by atoms with Gasteiger partial charge >= 0.3 is 0 Å². The van der Waals surface area contributed by atoms with E-state index < -0.39 is 9.05 Å². The van der Waals surface area contributed by atoms with E-state index in [1.807, 2.05) is 6.92 Å². The van der Waals surface area contributed by atoms with Gasteiger partial charge in [-0.25, -0.2) is 8.42 Å². The van der Waals surface area contributed by atoms with Crippen molar-refractivity contribution in [3.8, 4) is 0 Å². The third-order valence-corrected chi connectivity index (χ3v) is 5.87. The summed E-state index contributed by atoms with van der Waals surface area (Å²) < 4.78 is 23.4. The van der Waals surface area contributed by atoms with Crippen LogP contribution < -0.4 is 0 Å². The van der Waals surface area contributed by atoms with E-state index in [9.17, 15) is 13.2 Å². The standard InChI is InChI=1S/C14H17BrClNO3S/c1-2-17(9-10-4-3-5-10)14(18)12-8-11(21(16,19)20)6-7-13(12)15/h6-8,10H,2-5,9H2,1H3. The van der Waals surface area contributed by atoms with Crippen LogP contribution in [0.25, 0.3) is 0 Å². The van der Waals surface area contributed by atoms with Crippen LogP contribution in [-0.4, -0.2) is 32.3 Å². The highest BCUT2D eigenvalue weighted by molar-refractivity contribution is 9.10. The van der Waals surface area contributed by atoms with Crippen LogP contribution in [-0.2, 0) is 9.05 Å². The molecule has 0 atom stereocenters. The SMILES string of the molecule is CCN(CC1CCC1)C(=O)c1cc(S(=O)(=O)Cl)ccc1Br. The molecule has 0 aliphatic heterocycles. The molecule has 4 nitrogen and oxygen atoms in total. The summed E-state index contributed by atoms with van der Waals surface area (Å²) in [5.41, 5.74) is 0.331. The van der Waals surface area contributed by atoms with E-state index in [0.717, 1.165) is 19.4 Å². The molecule has 1 aromatic carbocycles. The molecular formula is C14H17BrClNO3S. The van der Waals surface area contributed by atoms with Gasteiger partial charge in [0.1, 0.15) is 0 Å². The Balaban J connectivity index is 2.27. The van der Waals surface area contributed by atoms with Gasteiger partial charge in [-0.15, -0.1) is 0 Å². The number of carbonyl (C=O) groups is 1. The molecule has 0 heterocycles. The number of hydrogen-bond donors (Lipinski definition) is 0. The van der Waals surface area contributed by atoms with Crippen LogP contribution in [0.2, 0.25) is 0 Å². The highest BCUT2D eigenvalue weighted by Crippen LogP contribution is 2.29. The number of carbonyl (C=O) groups excluding carboxylic acids is 1. The minimum Gasteiger partial charge on any atom is -0.339 e. The summed E-state index contributed by atoms with van der Waals surface area (Å²) in [6.45, 7) is 3.24. The molecule has 7 heteroatoms. The van der Waals surface area contributed by atoms with Gasteiger partial charge < -0.3 is 4.90 Å². The van der Waals surface area contributed by atoms with Crippen LogP contribution in [0.3, 0.4) is 0 Å². The molecule has 0 spiro atoms. The minimum absolute atomic E-state index is 0.0598. The van der Waals surface area contributed by atoms with Gasteiger partial charge in [0.05, 0.1) is 10.5 Å². The monoisotopic (exact) mass is 393 g/mol. The van der Waals surface area contributed by atoms with Gasteiger partial charge in [-0.1, -0.05) is 6.42 Å². The van der Waals surface area contributed by atoms with Crippen LogP contribution in [0.15, 0.2) is 27.6 Å². The summed E-state index contributed by atoms with van der Waals surface area (Å²) in [6.07, 6.45) is 3.53. The Morgan fingerprint density at radius 2 is 2.10 bits per heavy atom. The number of hydrogen-bond acceptors (Lipinski definition) is 3. The Bertz CT molecular complexity index is 644. The summed E-state index contributed by atoms with van der Waals surface area (Å²) in [7, 11) is 1.51. The maximum Gasteiger partial charge on any atom is 0.261 e. The minimum atomic E-state index is -3.84. The second-order valence-electron chi connectivity index (χ2n) is 5.22. The first-order valence-corrected chi connectivity index (χ1v) is 9.96. The molecular weight excluding hydrogens is 378 g/mol. The van der Waals surface area contributed by atoms with E-state index in [0.29, 0.717) is 22.5 Å². The van der Waals surface area contributed by atoms with Gasteiger partial charge in [0.25, 0.3) is 15.0 Å². The van der Waals surface area contributed by atoms with E-state index in [4.69, 9.17) is 10.7 Å². The lowest BCUT2D eigenvalue weighted by molar-refractivity contribution is 0.0705. The largest absolute Gasteiger partial charge is 0.339 e. The van der Waals surface area contributed by atoms with Crippen molar-refractivity contribution in [2.45, 2.75) is 31.1 Å². The molecule has 0 aromatic heterocycles. The fourth-order valence-electron chi connectivity index (χ4n) is 2.33. The molecule has 1 fully saturated rings. The highest BCUT2D eigenvalue weighted by Gasteiger charge is 2.25. The summed E-state index contributed by atoms with van der Waals surface area (Å²) in [6, 6.07) is 4.25. The van der Waals surface area contributed by atoms with Crippen molar-refractivity contribution >= 4 is 41.6 Å². The van der Waals surface area contributed by atoms with Gasteiger partial charge in [-0.05, 0) is 59.8 Å². The zero-order chi connectivity index (χ0) is 15.6. The summed E-state index contributed by atoms with van der Waals surface area (Å²) in [5.74, 6) is 0.394. The second-order valence-corrected chi connectivity index (χ2v) is 8.64. The van der Waals surface area contributed by atoms with E-state index in [1.165, 1.54) is 18.6 Å². The van der Waals surface area contributed by atoms with Gasteiger partial charge in [-0.2, -0.15) is 0 Å². The quantitative estimate of drug-likeness (QED) is 0.716. The Morgan fingerprint density at radius 3 is 2.57 bits per heavy atom. The van der Waals surface area contributed by atoms with Crippen LogP contribution in [0.5, 0.6) is 0 Å². The van der Waals surface area contributed by atoms with E-state index in [1.54, 1.807) is 11.0 Å². The lowest BCUT2D eigenvalue weighted by atomic mass is 9.85. The average Bonchev–Trinajstić information content (AvgIpc) is 2.36. The summed E-state index contributed by atoms with van der Waals surface area (Å²) in [5, 5.41) is 0. The third-order valence-electron chi connectivity index (χ3n) is 3.82. The Hall–Kier alpha value is -0.590. The van der Waals surface area contributed by atoms with Crippen molar-refractivity contribution in [1.29, 1.82) is 0 Å². The van der Waals surface area contributed by atoms with Gasteiger partial charge in [0.15, 0.2) is 0 Å². The smallest absolute Gasteiger partial charge is 0.261 e. The summed E-state index contributed by atoms with van der Waals surface area (Å²) >= 11 is 3.31. The fourth-order valence-corrected chi connectivity index (χ4v) is 3.53. The van der Waals surface area contributed by atoms with Crippen LogP contribution in [0.1, 0.15) is 36.5 Å². The van der Waals surface area contributed by atoms with Crippen molar-refractivity contribution in [3.05, 3.63) is 28.2 Å². The van der Waals surface area contributed by atoms with Crippen molar-refractivity contribution in [2.75, 3.05) is 13.1 Å². The number of nitrogens with zero attached hydrogens (tertiary/aromatic N) is 1. The molecule has 1 aliphatic carbocycles. The fraction of sp³-hybridized carbons (Fsp3) is 0.500. The molecule has 116 valence electrons. The molecule has 1 aliphatic rings. The van der Waals surface area contributed by atoms with E-state index in [-0.39, 0.29) is 10.8 Å². The highest BCUT2D eigenvalue weighted by atomic mass is 79.9. The normalized spacial score (nSPS) is 15.6. The number of amides is 1. The van der Waals surface area contributed by atoms with Crippen LogP contribution >= 0.6 is 26.6 Å². The molecule has 21 heavy (non-hydrogen) atoms. The first-order chi connectivity index (χ1) is 9.82. The molecule has 1 amide bonds. The Kier molecular flexibility index (Phi) is 5.33.